The highest BCUT2D eigenvalue weighted by molar-refractivity contribution is 8.00. The second kappa shape index (κ2) is 10.4. The van der Waals surface area contributed by atoms with E-state index in [2.05, 4.69) is 17.6 Å². The Hall–Kier alpha value is -1.98. The maximum absolute atomic E-state index is 12.5. The number of carbonyl (C=O) groups excluding carboxylic acids is 2. The highest BCUT2D eigenvalue weighted by Crippen LogP contribution is 2.27. The Morgan fingerprint density at radius 1 is 1.11 bits per heavy atom. The SMILES string of the molecule is CCCCC(=O)Nc1ccc(SC(C)C(=O)Nc2cc(Cl)ccc2C)cc1. The van der Waals surface area contributed by atoms with Crippen molar-refractivity contribution in [2.24, 2.45) is 0 Å². The Balaban J connectivity index is 1.91. The lowest BCUT2D eigenvalue weighted by Crippen LogP contribution is -2.22. The second-order valence-electron chi connectivity index (χ2n) is 6.38. The summed E-state index contributed by atoms with van der Waals surface area (Å²) in [4.78, 5) is 25.2. The zero-order chi connectivity index (χ0) is 19.8. The van der Waals surface area contributed by atoms with Gasteiger partial charge in [0.1, 0.15) is 0 Å². The first-order valence-corrected chi connectivity index (χ1v) is 10.3. The monoisotopic (exact) mass is 404 g/mol. The lowest BCUT2D eigenvalue weighted by atomic mass is 10.2. The number of thioether (sulfide) groups is 1. The fraction of sp³-hybridized carbons (Fsp3) is 0.333. The van der Waals surface area contributed by atoms with Crippen LogP contribution in [0.1, 0.15) is 38.7 Å². The average Bonchev–Trinajstić information content (AvgIpc) is 2.64. The first-order valence-electron chi connectivity index (χ1n) is 9.02. The van der Waals surface area contributed by atoms with Gasteiger partial charge < -0.3 is 10.6 Å². The Labute approximate surface area is 170 Å². The van der Waals surface area contributed by atoms with E-state index in [0.29, 0.717) is 11.4 Å². The predicted molar refractivity (Wildman–Crippen MR) is 115 cm³/mol. The van der Waals surface area contributed by atoms with Crippen LogP contribution in [0.3, 0.4) is 0 Å². The van der Waals surface area contributed by atoms with Gasteiger partial charge in [-0.05, 0) is 62.2 Å². The first kappa shape index (κ1) is 21.3. The Morgan fingerprint density at radius 2 is 1.81 bits per heavy atom. The highest BCUT2D eigenvalue weighted by atomic mass is 35.5. The summed E-state index contributed by atoms with van der Waals surface area (Å²) < 4.78 is 0. The van der Waals surface area contributed by atoms with E-state index in [0.717, 1.165) is 34.7 Å². The van der Waals surface area contributed by atoms with E-state index in [9.17, 15) is 9.59 Å². The van der Waals surface area contributed by atoms with Crippen LogP contribution in [0.2, 0.25) is 5.02 Å². The van der Waals surface area contributed by atoms with Gasteiger partial charge in [-0.2, -0.15) is 0 Å². The van der Waals surface area contributed by atoms with Crippen LogP contribution >= 0.6 is 23.4 Å². The maximum Gasteiger partial charge on any atom is 0.237 e. The smallest absolute Gasteiger partial charge is 0.237 e. The van der Waals surface area contributed by atoms with Crippen LogP contribution < -0.4 is 10.6 Å². The molecule has 1 unspecified atom stereocenters. The summed E-state index contributed by atoms with van der Waals surface area (Å²) in [5, 5.41) is 6.13. The van der Waals surface area contributed by atoms with E-state index in [1.807, 2.05) is 44.2 Å². The Morgan fingerprint density at radius 3 is 2.48 bits per heavy atom. The number of aryl methyl sites for hydroxylation is 1. The van der Waals surface area contributed by atoms with Crippen LogP contribution in [0.15, 0.2) is 47.4 Å². The molecule has 2 amide bonds. The minimum absolute atomic E-state index is 0.0295. The number of carbonyl (C=O) groups is 2. The normalized spacial score (nSPS) is 11.7. The zero-order valence-corrected chi connectivity index (χ0v) is 17.4. The number of halogens is 1. The van der Waals surface area contributed by atoms with Crippen LogP contribution in [-0.2, 0) is 9.59 Å². The molecule has 0 spiro atoms. The van der Waals surface area contributed by atoms with Crippen molar-refractivity contribution in [1.29, 1.82) is 0 Å². The van der Waals surface area contributed by atoms with E-state index in [1.54, 1.807) is 12.1 Å². The molecule has 1 atom stereocenters. The Bertz CT molecular complexity index is 793. The molecule has 0 saturated heterocycles. The van der Waals surface area contributed by atoms with Crippen molar-refractivity contribution >= 4 is 46.6 Å². The molecule has 2 aromatic rings. The van der Waals surface area contributed by atoms with Gasteiger partial charge in [-0.15, -0.1) is 11.8 Å². The molecular formula is C21H25ClN2O2S. The molecule has 0 saturated carbocycles. The number of amides is 2. The summed E-state index contributed by atoms with van der Waals surface area (Å²) >= 11 is 7.47. The van der Waals surface area contributed by atoms with Crippen LogP contribution in [0.5, 0.6) is 0 Å². The number of hydrogen-bond donors (Lipinski definition) is 2. The number of benzene rings is 2. The first-order chi connectivity index (χ1) is 12.9. The van der Waals surface area contributed by atoms with E-state index < -0.39 is 0 Å². The summed E-state index contributed by atoms with van der Waals surface area (Å²) in [7, 11) is 0. The summed E-state index contributed by atoms with van der Waals surface area (Å²) in [6, 6.07) is 13.0. The molecule has 0 aromatic heterocycles. The maximum atomic E-state index is 12.5. The molecule has 2 N–H and O–H groups in total. The minimum atomic E-state index is -0.270. The number of hydrogen-bond acceptors (Lipinski definition) is 3. The topological polar surface area (TPSA) is 58.2 Å². The molecule has 0 fully saturated rings. The van der Waals surface area contributed by atoms with Gasteiger partial charge in [0.05, 0.1) is 5.25 Å². The molecule has 6 heteroatoms. The van der Waals surface area contributed by atoms with Gasteiger partial charge in [0, 0.05) is 27.7 Å². The number of rotatable bonds is 8. The van der Waals surface area contributed by atoms with Crippen LogP contribution in [0.25, 0.3) is 0 Å². The minimum Gasteiger partial charge on any atom is -0.326 e. The molecule has 0 heterocycles. The average molecular weight is 405 g/mol. The summed E-state index contributed by atoms with van der Waals surface area (Å²) in [6.07, 6.45) is 2.42. The molecule has 0 aliphatic carbocycles. The fourth-order valence-corrected chi connectivity index (χ4v) is 3.44. The largest absolute Gasteiger partial charge is 0.326 e. The van der Waals surface area contributed by atoms with Gasteiger partial charge in [-0.1, -0.05) is 31.0 Å². The van der Waals surface area contributed by atoms with Gasteiger partial charge >= 0.3 is 0 Å². The van der Waals surface area contributed by atoms with E-state index in [4.69, 9.17) is 11.6 Å². The van der Waals surface area contributed by atoms with Crippen LogP contribution in [0, 0.1) is 6.92 Å². The molecule has 2 aromatic carbocycles. The Kier molecular flexibility index (Phi) is 8.20. The van der Waals surface area contributed by atoms with E-state index >= 15 is 0 Å². The third-order valence-electron chi connectivity index (χ3n) is 4.04. The summed E-state index contributed by atoms with van der Waals surface area (Å²) in [5.74, 6) is -0.0517. The quantitative estimate of drug-likeness (QED) is 0.538. The summed E-state index contributed by atoms with van der Waals surface area (Å²) in [5.41, 5.74) is 2.46. The van der Waals surface area contributed by atoms with Gasteiger partial charge in [0.25, 0.3) is 0 Å². The molecule has 27 heavy (non-hydrogen) atoms. The van der Waals surface area contributed by atoms with Crippen LogP contribution in [-0.4, -0.2) is 17.1 Å². The molecule has 0 radical (unpaired) electrons. The van der Waals surface area contributed by atoms with E-state index in [1.165, 1.54) is 11.8 Å². The van der Waals surface area contributed by atoms with Crippen molar-refractivity contribution in [3.8, 4) is 0 Å². The molecule has 0 aliphatic rings. The second-order valence-corrected chi connectivity index (χ2v) is 8.24. The number of anilines is 2. The molecular weight excluding hydrogens is 380 g/mol. The van der Waals surface area contributed by atoms with Crippen molar-refractivity contribution in [3.05, 3.63) is 53.1 Å². The number of unbranched alkanes of at least 4 members (excludes halogenated alkanes) is 1. The lowest BCUT2D eigenvalue weighted by molar-refractivity contribution is -0.116. The van der Waals surface area contributed by atoms with E-state index in [-0.39, 0.29) is 17.1 Å². The molecule has 4 nitrogen and oxygen atoms in total. The van der Waals surface area contributed by atoms with Crippen molar-refractivity contribution in [2.75, 3.05) is 10.6 Å². The van der Waals surface area contributed by atoms with Crippen molar-refractivity contribution < 1.29 is 9.59 Å². The zero-order valence-electron chi connectivity index (χ0n) is 15.8. The van der Waals surface area contributed by atoms with Crippen molar-refractivity contribution in [3.63, 3.8) is 0 Å². The fourth-order valence-electron chi connectivity index (χ4n) is 2.40. The van der Waals surface area contributed by atoms with Gasteiger partial charge in [0.15, 0.2) is 0 Å². The lowest BCUT2D eigenvalue weighted by Gasteiger charge is -2.14. The molecule has 0 bridgehead atoms. The third-order valence-corrected chi connectivity index (χ3v) is 5.38. The van der Waals surface area contributed by atoms with Crippen LogP contribution in [0.4, 0.5) is 11.4 Å². The standard InChI is InChI=1S/C21H25ClN2O2S/c1-4-5-6-20(25)23-17-9-11-18(12-10-17)27-15(3)21(26)24-19-13-16(22)8-7-14(19)2/h7-13,15H,4-6H2,1-3H3,(H,23,25)(H,24,26). The predicted octanol–water partition coefficient (Wildman–Crippen LogP) is 5.90. The molecule has 2 rings (SSSR count). The summed E-state index contributed by atoms with van der Waals surface area (Å²) in [6.45, 7) is 5.85. The van der Waals surface area contributed by atoms with Gasteiger partial charge in [0.2, 0.25) is 11.8 Å². The highest BCUT2D eigenvalue weighted by Gasteiger charge is 2.15. The van der Waals surface area contributed by atoms with Crippen molar-refractivity contribution in [1.82, 2.24) is 0 Å². The third kappa shape index (κ3) is 6.92. The molecule has 144 valence electrons. The van der Waals surface area contributed by atoms with Gasteiger partial charge in [-0.3, -0.25) is 9.59 Å². The van der Waals surface area contributed by atoms with Gasteiger partial charge in [-0.25, -0.2) is 0 Å². The molecule has 0 aliphatic heterocycles. The number of nitrogens with one attached hydrogen (secondary N) is 2. The van der Waals surface area contributed by atoms with Crippen molar-refractivity contribution in [2.45, 2.75) is 50.2 Å².